The first-order valence-corrected chi connectivity index (χ1v) is 3.78. The average molecular weight is 188 g/mol. The molecule has 0 amide bonds. The summed E-state index contributed by atoms with van der Waals surface area (Å²) in [7, 11) is 0. The van der Waals surface area contributed by atoms with Gasteiger partial charge >= 0.3 is 0 Å². The number of hydrogen-bond acceptors (Lipinski definition) is 6. The van der Waals surface area contributed by atoms with Crippen LogP contribution in [0.25, 0.3) is 0 Å². The molecule has 1 rings (SSSR count). The molecule has 6 N–H and O–H groups in total. The van der Waals surface area contributed by atoms with Gasteiger partial charge in [-0.1, -0.05) is 0 Å². The Morgan fingerprint density at radius 3 is 2.38 bits per heavy atom. The van der Waals surface area contributed by atoms with Crippen LogP contribution in [0.4, 0.5) is 0 Å². The van der Waals surface area contributed by atoms with Crippen LogP contribution in [0.2, 0.25) is 0 Å². The van der Waals surface area contributed by atoms with Gasteiger partial charge in [-0.2, -0.15) is 15.4 Å². The van der Waals surface area contributed by atoms with Crippen LogP contribution >= 0.6 is 0 Å². The molecular weight excluding hydrogens is 176 g/mol. The summed E-state index contributed by atoms with van der Waals surface area (Å²) in [6, 6.07) is 0. The van der Waals surface area contributed by atoms with Crippen LogP contribution in [0.15, 0.2) is 0 Å². The van der Waals surface area contributed by atoms with Crippen molar-refractivity contribution in [2.75, 3.05) is 0 Å². The maximum Gasteiger partial charge on any atom is 0.275 e. The Kier molecular flexibility index (Phi) is 2.94. The third-order valence-corrected chi connectivity index (χ3v) is 1.59. The summed E-state index contributed by atoms with van der Waals surface area (Å²) < 4.78 is 0. The van der Waals surface area contributed by atoms with E-state index in [1.165, 1.54) is 0 Å². The molecule has 1 heterocycles. The van der Waals surface area contributed by atoms with Crippen molar-refractivity contribution < 1.29 is 15.3 Å². The zero-order valence-electron chi connectivity index (χ0n) is 6.93. The molecule has 0 spiro atoms. The lowest BCUT2D eigenvalue weighted by Crippen LogP contribution is -2.27. The van der Waals surface area contributed by atoms with Crippen LogP contribution in [-0.4, -0.2) is 36.7 Å². The predicted molar refractivity (Wildman–Crippen MR) is 42.0 cm³/mol. The van der Waals surface area contributed by atoms with E-state index in [4.69, 9.17) is 21.1 Å². The second-order valence-corrected chi connectivity index (χ2v) is 2.70. The minimum absolute atomic E-state index is 0.201. The van der Waals surface area contributed by atoms with Gasteiger partial charge in [-0.05, 0) is 0 Å². The molecule has 0 unspecified atom stereocenters. The number of aliphatic hydroxyl groups is 3. The van der Waals surface area contributed by atoms with Gasteiger partial charge in [0, 0.05) is 19.4 Å². The molecule has 0 aliphatic carbocycles. The molecule has 7 heteroatoms. The van der Waals surface area contributed by atoms with Gasteiger partial charge < -0.3 is 21.1 Å². The monoisotopic (exact) mass is 188 g/mol. The molecule has 0 saturated heterocycles. The van der Waals surface area contributed by atoms with Crippen molar-refractivity contribution in [3.05, 3.63) is 11.4 Å². The van der Waals surface area contributed by atoms with Gasteiger partial charge in [-0.3, -0.25) is 0 Å². The molecule has 0 fully saturated rings. The lowest BCUT2D eigenvalue weighted by molar-refractivity contribution is -0.314. The van der Waals surface area contributed by atoms with Gasteiger partial charge in [-0.25, -0.2) is 0 Å². The predicted octanol–water partition coefficient (Wildman–Crippen LogP) is -2.17. The number of rotatable bonds is 4. The van der Waals surface area contributed by atoms with Crippen LogP contribution < -0.4 is 5.73 Å². The fourth-order valence-electron chi connectivity index (χ4n) is 0.925. The van der Waals surface area contributed by atoms with Gasteiger partial charge in [0.25, 0.3) is 5.97 Å². The molecule has 1 aromatic rings. The Morgan fingerprint density at radius 2 is 1.85 bits per heavy atom. The number of hydrogen-bond donors (Lipinski definition) is 5. The van der Waals surface area contributed by atoms with Crippen LogP contribution in [-0.2, 0) is 13.0 Å². The highest BCUT2D eigenvalue weighted by molar-refractivity contribution is 5.07. The molecule has 0 aliphatic rings. The lowest BCUT2D eigenvalue weighted by Gasteiger charge is -2.12. The highest BCUT2D eigenvalue weighted by Gasteiger charge is 2.19. The van der Waals surface area contributed by atoms with E-state index in [-0.39, 0.29) is 19.4 Å². The summed E-state index contributed by atoms with van der Waals surface area (Å²) in [5, 5.41) is 35.6. The molecule has 0 saturated carbocycles. The maximum atomic E-state index is 8.60. The molecule has 0 radical (unpaired) electrons. The summed E-state index contributed by atoms with van der Waals surface area (Å²) >= 11 is 0. The summed E-state index contributed by atoms with van der Waals surface area (Å²) in [5.41, 5.74) is 6.42. The van der Waals surface area contributed by atoms with E-state index in [0.717, 1.165) is 0 Å². The summed E-state index contributed by atoms with van der Waals surface area (Å²) in [6.45, 7) is 0.223. The van der Waals surface area contributed by atoms with Crippen molar-refractivity contribution in [1.29, 1.82) is 0 Å². The molecule has 0 atom stereocenters. The quantitative estimate of drug-likeness (QED) is 0.342. The Balaban J connectivity index is 2.54. The highest BCUT2D eigenvalue weighted by Crippen LogP contribution is 2.08. The van der Waals surface area contributed by atoms with E-state index >= 15 is 0 Å². The van der Waals surface area contributed by atoms with Crippen molar-refractivity contribution >= 4 is 0 Å². The van der Waals surface area contributed by atoms with Crippen LogP contribution in [0.5, 0.6) is 0 Å². The Morgan fingerprint density at radius 1 is 1.23 bits per heavy atom. The second kappa shape index (κ2) is 3.79. The Bertz CT molecular complexity index is 267. The smallest absolute Gasteiger partial charge is 0.275 e. The highest BCUT2D eigenvalue weighted by atomic mass is 16.7. The first-order chi connectivity index (χ1) is 6.03. The standard InChI is InChI=1S/C6H12N4O3/c7-3-5-4(8-10-9-5)1-2-6(11,12)13/h11-13H,1-3,7H2,(H,8,9,10). The SMILES string of the molecule is NCc1n[nH]nc1CCC(O)(O)O. The normalized spacial score (nSPS) is 12.0. The lowest BCUT2D eigenvalue weighted by atomic mass is 10.2. The van der Waals surface area contributed by atoms with Gasteiger partial charge in [0.15, 0.2) is 0 Å². The molecule has 0 bridgehead atoms. The molecule has 13 heavy (non-hydrogen) atoms. The third kappa shape index (κ3) is 3.07. The average Bonchev–Trinajstić information content (AvgIpc) is 2.46. The summed E-state index contributed by atoms with van der Waals surface area (Å²) in [5.74, 6) is -2.66. The molecule has 0 aliphatic heterocycles. The fraction of sp³-hybridized carbons (Fsp3) is 0.667. The molecule has 74 valence electrons. The number of aromatic amines is 1. The van der Waals surface area contributed by atoms with Crippen molar-refractivity contribution in [2.24, 2.45) is 5.73 Å². The second-order valence-electron chi connectivity index (χ2n) is 2.70. The van der Waals surface area contributed by atoms with E-state index in [0.29, 0.717) is 11.4 Å². The Labute approximate surface area is 74.2 Å². The topological polar surface area (TPSA) is 128 Å². The van der Waals surface area contributed by atoms with Crippen LogP contribution in [0.1, 0.15) is 17.8 Å². The molecule has 1 aromatic heterocycles. The van der Waals surface area contributed by atoms with E-state index in [9.17, 15) is 0 Å². The van der Waals surface area contributed by atoms with Crippen molar-refractivity contribution in [3.63, 3.8) is 0 Å². The van der Waals surface area contributed by atoms with Crippen molar-refractivity contribution in [3.8, 4) is 0 Å². The van der Waals surface area contributed by atoms with Gasteiger partial charge in [0.1, 0.15) is 0 Å². The van der Waals surface area contributed by atoms with Crippen molar-refractivity contribution in [2.45, 2.75) is 25.4 Å². The van der Waals surface area contributed by atoms with E-state index in [2.05, 4.69) is 15.4 Å². The van der Waals surface area contributed by atoms with Gasteiger partial charge in [0.2, 0.25) is 0 Å². The van der Waals surface area contributed by atoms with Crippen LogP contribution in [0, 0.1) is 0 Å². The Hall–Kier alpha value is -1.02. The number of nitrogens with zero attached hydrogens (tertiary/aromatic N) is 2. The summed E-state index contributed by atoms with van der Waals surface area (Å²) in [6.07, 6.45) is -0.0287. The minimum atomic E-state index is -2.66. The maximum absolute atomic E-state index is 8.60. The van der Waals surface area contributed by atoms with E-state index < -0.39 is 5.97 Å². The number of H-pyrrole nitrogens is 1. The molecule has 0 aromatic carbocycles. The van der Waals surface area contributed by atoms with Gasteiger partial charge in [-0.15, -0.1) is 0 Å². The first kappa shape index (κ1) is 10.1. The van der Waals surface area contributed by atoms with E-state index in [1.54, 1.807) is 0 Å². The van der Waals surface area contributed by atoms with Crippen molar-refractivity contribution in [1.82, 2.24) is 15.4 Å². The molecular formula is C6H12N4O3. The number of nitrogens with two attached hydrogens (primary N) is 1. The van der Waals surface area contributed by atoms with Gasteiger partial charge in [0.05, 0.1) is 11.4 Å². The third-order valence-electron chi connectivity index (χ3n) is 1.59. The zero-order chi connectivity index (χ0) is 9.90. The first-order valence-electron chi connectivity index (χ1n) is 3.78. The fourth-order valence-corrected chi connectivity index (χ4v) is 0.925. The molecule has 7 nitrogen and oxygen atoms in total. The van der Waals surface area contributed by atoms with Crippen LogP contribution in [0.3, 0.4) is 0 Å². The largest absolute Gasteiger partial charge is 0.344 e. The minimum Gasteiger partial charge on any atom is -0.344 e. The number of aromatic nitrogens is 3. The summed E-state index contributed by atoms with van der Waals surface area (Å²) in [4.78, 5) is 0. The van der Waals surface area contributed by atoms with E-state index in [1.807, 2.05) is 0 Å². The number of aryl methyl sites for hydroxylation is 1. The number of nitrogens with one attached hydrogen (secondary N) is 1. The zero-order valence-corrected chi connectivity index (χ0v) is 6.93.